The van der Waals surface area contributed by atoms with Gasteiger partial charge in [0, 0.05) is 28.1 Å². The van der Waals surface area contributed by atoms with Crippen molar-refractivity contribution in [3.05, 3.63) is 70.2 Å². The molecule has 0 heterocycles. The first-order valence-corrected chi connectivity index (χ1v) is 11.9. The van der Waals surface area contributed by atoms with E-state index in [0.29, 0.717) is 28.1 Å². The summed E-state index contributed by atoms with van der Waals surface area (Å²) in [5, 5.41) is 3.00. The Hall–Kier alpha value is -1.44. The van der Waals surface area contributed by atoms with E-state index in [2.05, 4.69) is 4.72 Å². The van der Waals surface area contributed by atoms with E-state index in [-0.39, 0.29) is 4.90 Å². The summed E-state index contributed by atoms with van der Waals surface area (Å²) in [5.41, 5.74) is 0.864. The highest BCUT2D eigenvalue weighted by Crippen LogP contribution is 2.28. The molecule has 0 saturated heterocycles. The molecule has 28 heavy (non-hydrogen) atoms. The van der Waals surface area contributed by atoms with Gasteiger partial charge in [0.2, 0.25) is 10.0 Å². The van der Waals surface area contributed by atoms with Crippen molar-refractivity contribution in [2.75, 3.05) is 19.4 Å². The van der Waals surface area contributed by atoms with Crippen LogP contribution < -0.4 is 9.46 Å². The third-order valence-electron chi connectivity index (χ3n) is 4.18. The first-order chi connectivity index (χ1) is 13.4. The second-order valence-electron chi connectivity index (χ2n) is 6.03. The van der Waals surface area contributed by atoms with Crippen LogP contribution in [-0.4, -0.2) is 27.8 Å². The van der Waals surface area contributed by atoms with E-state index in [9.17, 15) is 8.42 Å². The van der Waals surface area contributed by atoms with Crippen molar-refractivity contribution in [1.82, 2.24) is 4.72 Å². The highest BCUT2D eigenvalue weighted by atomic mass is 35.5. The van der Waals surface area contributed by atoms with Gasteiger partial charge in [0.1, 0.15) is 5.75 Å². The van der Waals surface area contributed by atoms with Crippen molar-refractivity contribution >= 4 is 55.8 Å². The molecule has 0 atom stereocenters. The number of nitrogens with one attached hydrogen (secondary N) is 1. The predicted octanol–water partition coefficient (Wildman–Crippen LogP) is 5.37. The molecule has 1 N–H and O–H groups in total. The summed E-state index contributed by atoms with van der Waals surface area (Å²) in [4.78, 5) is 0.240. The van der Waals surface area contributed by atoms with Gasteiger partial charge in [0.05, 0.1) is 12.0 Å². The molecule has 0 radical (unpaired) electrons. The van der Waals surface area contributed by atoms with E-state index in [1.54, 1.807) is 55.3 Å². The van der Waals surface area contributed by atoms with Crippen LogP contribution in [0.1, 0.15) is 5.56 Å². The van der Waals surface area contributed by atoms with Gasteiger partial charge >= 0.3 is 0 Å². The Bertz CT molecular complexity index is 1070. The number of fused-ring (bicyclic) bond motifs is 1. The monoisotopic (exact) mass is 455 g/mol. The SMILES string of the molecule is COc1ccc2cc(S(=O)(=O)NCCSCc3c(Cl)cccc3Cl)ccc2c1. The van der Waals surface area contributed by atoms with E-state index in [1.807, 2.05) is 18.2 Å². The fraction of sp³-hybridized carbons (Fsp3) is 0.200. The summed E-state index contributed by atoms with van der Waals surface area (Å²) in [6, 6.07) is 15.9. The van der Waals surface area contributed by atoms with Crippen LogP contribution in [0.3, 0.4) is 0 Å². The van der Waals surface area contributed by atoms with Gasteiger partial charge in [-0.3, -0.25) is 0 Å². The lowest BCUT2D eigenvalue weighted by Crippen LogP contribution is -2.26. The zero-order valence-electron chi connectivity index (χ0n) is 15.1. The lowest BCUT2D eigenvalue weighted by molar-refractivity contribution is 0.415. The Morgan fingerprint density at radius 2 is 1.68 bits per heavy atom. The Morgan fingerprint density at radius 1 is 1.00 bits per heavy atom. The second-order valence-corrected chi connectivity index (χ2v) is 9.71. The molecule has 0 aliphatic heterocycles. The average molecular weight is 456 g/mol. The molecule has 0 saturated carbocycles. The number of hydrogen-bond acceptors (Lipinski definition) is 4. The van der Waals surface area contributed by atoms with Gasteiger partial charge < -0.3 is 4.74 Å². The summed E-state index contributed by atoms with van der Waals surface area (Å²) in [5.74, 6) is 1.96. The minimum Gasteiger partial charge on any atom is -0.497 e. The first kappa shape index (κ1) is 21.3. The number of sulfonamides is 1. The molecule has 0 aromatic heterocycles. The van der Waals surface area contributed by atoms with Crippen LogP contribution >= 0.6 is 35.0 Å². The van der Waals surface area contributed by atoms with Crippen molar-refractivity contribution in [3.63, 3.8) is 0 Å². The van der Waals surface area contributed by atoms with E-state index in [0.717, 1.165) is 22.1 Å². The van der Waals surface area contributed by atoms with Gasteiger partial charge in [-0.25, -0.2) is 13.1 Å². The van der Waals surface area contributed by atoms with Crippen molar-refractivity contribution in [2.24, 2.45) is 0 Å². The van der Waals surface area contributed by atoms with Gasteiger partial charge in [-0.05, 0) is 52.7 Å². The third kappa shape index (κ3) is 5.13. The molecule has 0 spiro atoms. The van der Waals surface area contributed by atoms with Crippen LogP contribution in [0.2, 0.25) is 10.0 Å². The van der Waals surface area contributed by atoms with Gasteiger partial charge in [-0.1, -0.05) is 41.4 Å². The summed E-state index contributed by atoms with van der Waals surface area (Å²) in [6.07, 6.45) is 0. The lowest BCUT2D eigenvalue weighted by atomic mass is 10.1. The number of methoxy groups -OCH3 is 1. The lowest BCUT2D eigenvalue weighted by Gasteiger charge is -2.09. The minimum absolute atomic E-state index is 0.240. The molecule has 3 aromatic carbocycles. The van der Waals surface area contributed by atoms with Crippen LogP contribution in [0.15, 0.2) is 59.5 Å². The van der Waals surface area contributed by atoms with E-state index in [1.165, 1.54) is 0 Å². The van der Waals surface area contributed by atoms with Crippen molar-refractivity contribution in [3.8, 4) is 5.75 Å². The number of rotatable bonds is 8. The quantitative estimate of drug-likeness (QED) is 0.464. The van der Waals surface area contributed by atoms with Crippen LogP contribution in [0.25, 0.3) is 10.8 Å². The van der Waals surface area contributed by atoms with Crippen molar-refractivity contribution in [2.45, 2.75) is 10.6 Å². The number of hydrogen-bond donors (Lipinski definition) is 1. The second kappa shape index (κ2) is 9.37. The maximum Gasteiger partial charge on any atom is 0.240 e. The molecular formula is C20H19Cl2NO3S2. The fourth-order valence-electron chi connectivity index (χ4n) is 2.67. The van der Waals surface area contributed by atoms with Crippen LogP contribution in [0.4, 0.5) is 0 Å². The largest absolute Gasteiger partial charge is 0.497 e. The molecule has 148 valence electrons. The maximum absolute atomic E-state index is 12.6. The smallest absolute Gasteiger partial charge is 0.240 e. The normalized spacial score (nSPS) is 11.7. The number of benzene rings is 3. The summed E-state index contributed by atoms with van der Waals surface area (Å²) >= 11 is 13.9. The summed E-state index contributed by atoms with van der Waals surface area (Å²) in [7, 11) is -1.98. The summed E-state index contributed by atoms with van der Waals surface area (Å²) in [6.45, 7) is 0.315. The molecule has 0 aliphatic carbocycles. The third-order valence-corrected chi connectivity index (χ3v) is 7.33. The van der Waals surface area contributed by atoms with Gasteiger partial charge in [0.15, 0.2) is 0 Å². The Balaban J connectivity index is 1.58. The summed E-state index contributed by atoms with van der Waals surface area (Å²) < 4.78 is 32.9. The molecule has 0 aliphatic rings. The Labute approximate surface area is 179 Å². The van der Waals surface area contributed by atoms with E-state index in [4.69, 9.17) is 27.9 Å². The Morgan fingerprint density at radius 3 is 2.39 bits per heavy atom. The number of ether oxygens (including phenoxy) is 1. The molecule has 3 aromatic rings. The zero-order chi connectivity index (χ0) is 20.1. The van der Waals surface area contributed by atoms with Crippen LogP contribution in [-0.2, 0) is 15.8 Å². The average Bonchev–Trinajstić information content (AvgIpc) is 2.68. The predicted molar refractivity (Wildman–Crippen MR) is 118 cm³/mol. The number of halogens is 2. The highest BCUT2D eigenvalue weighted by molar-refractivity contribution is 7.98. The van der Waals surface area contributed by atoms with Gasteiger partial charge in [-0.15, -0.1) is 0 Å². The Kier molecular flexibility index (Phi) is 7.12. The molecule has 0 unspecified atom stereocenters. The van der Waals surface area contributed by atoms with Gasteiger partial charge in [-0.2, -0.15) is 11.8 Å². The molecule has 8 heteroatoms. The van der Waals surface area contributed by atoms with Crippen LogP contribution in [0.5, 0.6) is 5.75 Å². The molecule has 0 fully saturated rings. The fourth-order valence-corrected chi connectivity index (χ4v) is 5.46. The molecule has 0 amide bonds. The maximum atomic E-state index is 12.6. The van der Waals surface area contributed by atoms with E-state index < -0.39 is 10.0 Å². The number of thioether (sulfide) groups is 1. The molecule has 4 nitrogen and oxygen atoms in total. The van der Waals surface area contributed by atoms with Gasteiger partial charge in [0.25, 0.3) is 0 Å². The standard InChI is InChI=1S/C20H19Cl2NO3S2/c1-26-16-7-5-15-12-17(8-6-14(15)11-16)28(24,25)23-9-10-27-13-18-19(21)3-2-4-20(18)22/h2-8,11-12,23H,9-10,13H2,1H3. The molecule has 0 bridgehead atoms. The first-order valence-electron chi connectivity index (χ1n) is 8.49. The zero-order valence-corrected chi connectivity index (χ0v) is 18.3. The minimum atomic E-state index is -3.58. The molecular weight excluding hydrogens is 437 g/mol. The van der Waals surface area contributed by atoms with Crippen molar-refractivity contribution in [1.29, 1.82) is 0 Å². The van der Waals surface area contributed by atoms with E-state index >= 15 is 0 Å². The van der Waals surface area contributed by atoms with Crippen molar-refractivity contribution < 1.29 is 13.2 Å². The topological polar surface area (TPSA) is 55.4 Å². The molecule has 3 rings (SSSR count). The highest BCUT2D eigenvalue weighted by Gasteiger charge is 2.14. The van der Waals surface area contributed by atoms with Crippen LogP contribution in [0, 0.1) is 0 Å².